The molecule has 0 aliphatic carbocycles. The van der Waals surface area contributed by atoms with Crippen LogP contribution in [-0.4, -0.2) is 30.5 Å². The Labute approximate surface area is 136 Å². The maximum absolute atomic E-state index is 11.6. The third kappa shape index (κ3) is 5.91. The standard InChI is InChI=1S/C14H19N3O2.2ClH/c1-10(15-2)9-16-13(18)7-8-14-17-11-5-3-4-6-12(11)19-14;;/h3-6,10,15H,7-9H2,1-2H3,(H,16,18);2*1H. The van der Waals surface area contributed by atoms with E-state index in [1.807, 2.05) is 38.2 Å². The Morgan fingerprint density at radius 3 is 2.71 bits per heavy atom. The van der Waals surface area contributed by atoms with E-state index in [0.717, 1.165) is 11.1 Å². The van der Waals surface area contributed by atoms with Gasteiger partial charge in [-0.2, -0.15) is 0 Å². The topological polar surface area (TPSA) is 67.2 Å². The van der Waals surface area contributed by atoms with Crippen molar-refractivity contribution in [2.75, 3.05) is 13.6 Å². The van der Waals surface area contributed by atoms with Crippen molar-refractivity contribution in [1.29, 1.82) is 0 Å². The van der Waals surface area contributed by atoms with Gasteiger partial charge in [-0.05, 0) is 26.1 Å². The van der Waals surface area contributed by atoms with Gasteiger partial charge in [0, 0.05) is 25.4 Å². The predicted octanol–water partition coefficient (Wildman–Crippen LogP) is 2.33. The van der Waals surface area contributed by atoms with Gasteiger partial charge in [-0.1, -0.05) is 12.1 Å². The molecule has 0 saturated carbocycles. The molecule has 1 atom stereocenters. The van der Waals surface area contributed by atoms with E-state index in [0.29, 0.717) is 25.3 Å². The molecule has 5 nitrogen and oxygen atoms in total. The number of nitrogens with one attached hydrogen (secondary N) is 2. The van der Waals surface area contributed by atoms with Crippen molar-refractivity contribution in [3.8, 4) is 0 Å². The van der Waals surface area contributed by atoms with Crippen LogP contribution in [0, 0.1) is 0 Å². The minimum Gasteiger partial charge on any atom is -0.441 e. The SMILES string of the molecule is CNC(C)CNC(=O)CCc1nc2ccccc2o1.Cl.Cl. The number of oxazole rings is 1. The maximum Gasteiger partial charge on any atom is 0.220 e. The van der Waals surface area contributed by atoms with Gasteiger partial charge in [0.2, 0.25) is 5.91 Å². The number of amides is 1. The number of para-hydroxylation sites is 2. The Kier molecular flexibility index (Phi) is 9.01. The van der Waals surface area contributed by atoms with E-state index in [9.17, 15) is 4.79 Å². The summed E-state index contributed by atoms with van der Waals surface area (Å²) in [5.41, 5.74) is 1.60. The summed E-state index contributed by atoms with van der Waals surface area (Å²) in [7, 11) is 1.87. The van der Waals surface area contributed by atoms with Gasteiger partial charge < -0.3 is 15.1 Å². The molecule has 7 heteroatoms. The van der Waals surface area contributed by atoms with Crippen molar-refractivity contribution in [2.45, 2.75) is 25.8 Å². The van der Waals surface area contributed by atoms with Crippen molar-refractivity contribution in [1.82, 2.24) is 15.6 Å². The summed E-state index contributed by atoms with van der Waals surface area (Å²) in [6.45, 7) is 2.64. The Morgan fingerprint density at radius 1 is 1.33 bits per heavy atom. The van der Waals surface area contributed by atoms with Gasteiger partial charge in [-0.25, -0.2) is 4.98 Å². The normalized spacial score (nSPS) is 11.3. The smallest absolute Gasteiger partial charge is 0.220 e. The van der Waals surface area contributed by atoms with Crippen LogP contribution in [0.2, 0.25) is 0 Å². The summed E-state index contributed by atoms with van der Waals surface area (Å²) in [4.78, 5) is 16.0. The first kappa shape index (κ1) is 19.7. The quantitative estimate of drug-likeness (QED) is 0.851. The minimum absolute atomic E-state index is 0. The number of carbonyl (C=O) groups excluding carboxylic acids is 1. The van der Waals surface area contributed by atoms with Gasteiger partial charge >= 0.3 is 0 Å². The highest BCUT2D eigenvalue weighted by Crippen LogP contribution is 2.15. The molecule has 1 heterocycles. The van der Waals surface area contributed by atoms with Crippen molar-refractivity contribution >= 4 is 41.8 Å². The zero-order valence-electron chi connectivity index (χ0n) is 12.1. The molecule has 0 spiro atoms. The largest absolute Gasteiger partial charge is 0.441 e. The number of halogens is 2. The summed E-state index contributed by atoms with van der Waals surface area (Å²) in [6, 6.07) is 7.87. The molecule has 1 aromatic heterocycles. The fraction of sp³-hybridized carbons (Fsp3) is 0.429. The van der Waals surface area contributed by atoms with Crippen molar-refractivity contribution in [3.05, 3.63) is 30.2 Å². The molecule has 0 bridgehead atoms. The lowest BCUT2D eigenvalue weighted by Gasteiger charge is -2.10. The number of aromatic nitrogens is 1. The summed E-state index contributed by atoms with van der Waals surface area (Å²) in [5, 5.41) is 5.93. The number of nitrogens with zero attached hydrogens (tertiary/aromatic N) is 1. The van der Waals surface area contributed by atoms with Gasteiger partial charge in [-0.3, -0.25) is 4.79 Å². The number of benzene rings is 1. The van der Waals surface area contributed by atoms with E-state index >= 15 is 0 Å². The molecule has 118 valence electrons. The van der Waals surface area contributed by atoms with Crippen LogP contribution in [0.15, 0.2) is 28.7 Å². The lowest BCUT2D eigenvalue weighted by molar-refractivity contribution is -0.121. The number of hydrogen-bond donors (Lipinski definition) is 2. The van der Waals surface area contributed by atoms with Crippen LogP contribution in [0.5, 0.6) is 0 Å². The molecule has 2 rings (SSSR count). The second kappa shape index (κ2) is 9.60. The van der Waals surface area contributed by atoms with E-state index in [-0.39, 0.29) is 36.8 Å². The summed E-state index contributed by atoms with van der Waals surface area (Å²) in [5.74, 6) is 0.627. The zero-order valence-corrected chi connectivity index (χ0v) is 13.7. The molecule has 1 unspecified atom stereocenters. The van der Waals surface area contributed by atoms with Crippen LogP contribution in [-0.2, 0) is 11.2 Å². The van der Waals surface area contributed by atoms with E-state index in [1.165, 1.54) is 0 Å². The van der Waals surface area contributed by atoms with Crippen LogP contribution in [0.25, 0.3) is 11.1 Å². The molecule has 1 amide bonds. The molecular weight excluding hydrogens is 313 g/mol. The Morgan fingerprint density at radius 2 is 2.05 bits per heavy atom. The van der Waals surface area contributed by atoms with Crippen LogP contribution >= 0.6 is 24.8 Å². The average molecular weight is 334 g/mol. The molecular formula is C14H21Cl2N3O2. The second-order valence-electron chi connectivity index (χ2n) is 4.57. The number of hydrogen-bond acceptors (Lipinski definition) is 4. The zero-order chi connectivity index (χ0) is 13.7. The summed E-state index contributed by atoms with van der Waals surface area (Å²) >= 11 is 0. The highest BCUT2D eigenvalue weighted by molar-refractivity contribution is 5.85. The fourth-order valence-electron chi connectivity index (χ4n) is 1.70. The predicted molar refractivity (Wildman–Crippen MR) is 88.4 cm³/mol. The maximum atomic E-state index is 11.6. The van der Waals surface area contributed by atoms with Crippen LogP contribution < -0.4 is 10.6 Å². The van der Waals surface area contributed by atoms with Crippen LogP contribution in [0.4, 0.5) is 0 Å². The number of aryl methyl sites for hydroxylation is 1. The van der Waals surface area contributed by atoms with E-state index in [1.54, 1.807) is 0 Å². The van der Waals surface area contributed by atoms with Gasteiger partial charge in [0.1, 0.15) is 5.52 Å². The number of fused-ring (bicyclic) bond motifs is 1. The van der Waals surface area contributed by atoms with Crippen LogP contribution in [0.1, 0.15) is 19.2 Å². The van der Waals surface area contributed by atoms with Gasteiger partial charge in [-0.15, -0.1) is 24.8 Å². The third-order valence-corrected chi connectivity index (χ3v) is 3.00. The first-order valence-corrected chi connectivity index (χ1v) is 6.47. The Hall–Kier alpha value is -1.30. The Bertz CT molecular complexity index is 527. The van der Waals surface area contributed by atoms with Crippen molar-refractivity contribution < 1.29 is 9.21 Å². The summed E-state index contributed by atoms with van der Waals surface area (Å²) < 4.78 is 5.56. The first-order chi connectivity index (χ1) is 9.19. The van der Waals surface area contributed by atoms with Gasteiger partial charge in [0.15, 0.2) is 11.5 Å². The van der Waals surface area contributed by atoms with Crippen LogP contribution in [0.3, 0.4) is 0 Å². The second-order valence-corrected chi connectivity index (χ2v) is 4.57. The molecule has 21 heavy (non-hydrogen) atoms. The van der Waals surface area contributed by atoms with E-state index in [2.05, 4.69) is 15.6 Å². The first-order valence-electron chi connectivity index (χ1n) is 6.47. The minimum atomic E-state index is 0. The number of rotatable bonds is 6. The lowest BCUT2D eigenvalue weighted by atomic mass is 10.2. The molecule has 0 aliphatic heterocycles. The third-order valence-electron chi connectivity index (χ3n) is 3.00. The molecule has 0 aliphatic rings. The lowest BCUT2D eigenvalue weighted by Crippen LogP contribution is -2.37. The number of likely N-dealkylation sites (N-methyl/N-ethyl adjacent to an activating group) is 1. The monoisotopic (exact) mass is 333 g/mol. The van der Waals surface area contributed by atoms with E-state index in [4.69, 9.17) is 4.42 Å². The average Bonchev–Trinajstić information content (AvgIpc) is 2.85. The highest BCUT2D eigenvalue weighted by Gasteiger charge is 2.08. The van der Waals surface area contributed by atoms with Gasteiger partial charge in [0.05, 0.1) is 0 Å². The molecule has 0 fully saturated rings. The highest BCUT2D eigenvalue weighted by atomic mass is 35.5. The molecule has 0 radical (unpaired) electrons. The van der Waals surface area contributed by atoms with Crippen molar-refractivity contribution in [3.63, 3.8) is 0 Å². The Balaban J connectivity index is 0.00000200. The molecule has 2 N–H and O–H groups in total. The fourth-order valence-corrected chi connectivity index (χ4v) is 1.70. The van der Waals surface area contributed by atoms with E-state index < -0.39 is 0 Å². The van der Waals surface area contributed by atoms with Crippen molar-refractivity contribution in [2.24, 2.45) is 0 Å². The van der Waals surface area contributed by atoms with Gasteiger partial charge in [0.25, 0.3) is 0 Å². The summed E-state index contributed by atoms with van der Waals surface area (Å²) in [6.07, 6.45) is 0.914. The number of carbonyl (C=O) groups is 1. The molecule has 2 aromatic rings. The molecule has 0 saturated heterocycles. The molecule has 1 aromatic carbocycles.